The minimum Gasteiger partial charge on any atom is -0.508 e. The molecule has 0 radical (unpaired) electrons. The third kappa shape index (κ3) is 3.73. The average molecular weight is 289 g/mol. The van der Waals surface area contributed by atoms with Crippen molar-refractivity contribution in [2.45, 2.75) is 25.9 Å². The molecule has 0 bridgehead atoms. The second-order valence-electron chi connectivity index (χ2n) is 5.09. The fourth-order valence-corrected chi connectivity index (χ4v) is 2.34. The minimum absolute atomic E-state index is 0.0396. The standard InChI is InChI=1S/C17H20FNO2/c1-11(13-5-4-6-15(9-13)21-3)19-12(2)16-10-14(18)7-8-17(16)20/h4-12,19-20H,1-3H3. The minimum atomic E-state index is -0.356. The van der Waals surface area contributed by atoms with Crippen LogP contribution in [0, 0.1) is 5.82 Å². The average Bonchev–Trinajstić information content (AvgIpc) is 2.49. The summed E-state index contributed by atoms with van der Waals surface area (Å²) >= 11 is 0. The topological polar surface area (TPSA) is 41.5 Å². The maximum Gasteiger partial charge on any atom is 0.123 e. The molecule has 2 atom stereocenters. The van der Waals surface area contributed by atoms with E-state index >= 15 is 0 Å². The van der Waals surface area contributed by atoms with E-state index in [4.69, 9.17) is 4.74 Å². The number of methoxy groups -OCH3 is 1. The summed E-state index contributed by atoms with van der Waals surface area (Å²) in [5, 5.41) is 13.2. The number of nitrogens with one attached hydrogen (secondary N) is 1. The van der Waals surface area contributed by atoms with Crippen LogP contribution in [0.2, 0.25) is 0 Å². The van der Waals surface area contributed by atoms with E-state index < -0.39 is 0 Å². The number of rotatable bonds is 5. The van der Waals surface area contributed by atoms with Crippen molar-refractivity contribution in [1.29, 1.82) is 0 Å². The maximum atomic E-state index is 13.3. The number of benzene rings is 2. The van der Waals surface area contributed by atoms with Gasteiger partial charge in [0.15, 0.2) is 0 Å². The molecule has 0 heterocycles. The molecule has 0 saturated carbocycles. The number of ether oxygens (including phenoxy) is 1. The third-order valence-corrected chi connectivity index (χ3v) is 3.55. The lowest BCUT2D eigenvalue weighted by Gasteiger charge is -2.22. The first-order chi connectivity index (χ1) is 10.0. The van der Waals surface area contributed by atoms with Gasteiger partial charge in [-0.2, -0.15) is 0 Å². The second kappa shape index (κ2) is 6.59. The SMILES string of the molecule is COc1cccc(C(C)NC(C)c2cc(F)ccc2O)c1. The van der Waals surface area contributed by atoms with Gasteiger partial charge in [0.1, 0.15) is 17.3 Å². The highest BCUT2D eigenvalue weighted by Gasteiger charge is 2.15. The molecule has 4 heteroatoms. The van der Waals surface area contributed by atoms with Gasteiger partial charge in [0.2, 0.25) is 0 Å². The van der Waals surface area contributed by atoms with E-state index in [1.165, 1.54) is 18.2 Å². The Morgan fingerprint density at radius 2 is 1.86 bits per heavy atom. The molecule has 2 unspecified atom stereocenters. The van der Waals surface area contributed by atoms with E-state index in [0.29, 0.717) is 5.56 Å². The van der Waals surface area contributed by atoms with E-state index in [2.05, 4.69) is 5.32 Å². The van der Waals surface area contributed by atoms with E-state index in [0.717, 1.165) is 11.3 Å². The van der Waals surface area contributed by atoms with Gasteiger partial charge in [0, 0.05) is 17.6 Å². The van der Waals surface area contributed by atoms with Gasteiger partial charge in [-0.15, -0.1) is 0 Å². The number of hydrogen-bond acceptors (Lipinski definition) is 3. The van der Waals surface area contributed by atoms with Crippen LogP contribution in [-0.4, -0.2) is 12.2 Å². The Hall–Kier alpha value is -2.07. The Balaban J connectivity index is 2.14. The second-order valence-corrected chi connectivity index (χ2v) is 5.09. The molecule has 0 aliphatic rings. The Bertz CT molecular complexity index is 615. The molecule has 2 aromatic rings. The van der Waals surface area contributed by atoms with E-state index in [1.807, 2.05) is 38.1 Å². The molecule has 0 aromatic heterocycles. The largest absolute Gasteiger partial charge is 0.508 e. The van der Waals surface area contributed by atoms with E-state index in [1.54, 1.807) is 7.11 Å². The molecule has 3 nitrogen and oxygen atoms in total. The van der Waals surface area contributed by atoms with Crippen molar-refractivity contribution >= 4 is 0 Å². The summed E-state index contributed by atoms with van der Waals surface area (Å²) in [7, 11) is 1.63. The van der Waals surface area contributed by atoms with Gasteiger partial charge in [-0.3, -0.25) is 0 Å². The predicted molar refractivity (Wildman–Crippen MR) is 81.0 cm³/mol. The lowest BCUT2D eigenvalue weighted by atomic mass is 10.0. The van der Waals surface area contributed by atoms with Gasteiger partial charge >= 0.3 is 0 Å². The van der Waals surface area contributed by atoms with Crippen molar-refractivity contribution in [1.82, 2.24) is 5.32 Å². The van der Waals surface area contributed by atoms with Crippen LogP contribution >= 0.6 is 0 Å². The number of phenolic OH excluding ortho intramolecular Hbond substituents is 1. The highest BCUT2D eigenvalue weighted by molar-refractivity contribution is 5.35. The lowest BCUT2D eigenvalue weighted by molar-refractivity contribution is 0.411. The lowest BCUT2D eigenvalue weighted by Crippen LogP contribution is -2.22. The Morgan fingerprint density at radius 3 is 2.57 bits per heavy atom. The molecule has 2 N–H and O–H groups in total. The van der Waals surface area contributed by atoms with Crippen molar-refractivity contribution < 1.29 is 14.2 Å². The smallest absolute Gasteiger partial charge is 0.123 e. The Morgan fingerprint density at radius 1 is 1.10 bits per heavy atom. The van der Waals surface area contributed by atoms with Crippen molar-refractivity contribution in [3.63, 3.8) is 0 Å². The zero-order chi connectivity index (χ0) is 15.4. The van der Waals surface area contributed by atoms with E-state index in [9.17, 15) is 9.50 Å². The van der Waals surface area contributed by atoms with Crippen LogP contribution < -0.4 is 10.1 Å². The number of hydrogen-bond donors (Lipinski definition) is 2. The zero-order valence-electron chi connectivity index (χ0n) is 12.4. The molecule has 2 rings (SSSR count). The van der Waals surface area contributed by atoms with E-state index in [-0.39, 0.29) is 23.7 Å². The molecule has 0 amide bonds. The molecule has 2 aromatic carbocycles. The summed E-state index contributed by atoms with van der Waals surface area (Å²) in [6, 6.07) is 11.6. The third-order valence-electron chi connectivity index (χ3n) is 3.55. The van der Waals surface area contributed by atoms with Gasteiger partial charge in [0.25, 0.3) is 0 Å². The molecule has 0 saturated heterocycles. The molecule has 0 aliphatic carbocycles. The van der Waals surface area contributed by atoms with Gasteiger partial charge in [-0.25, -0.2) is 4.39 Å². The summed E-state index contributed by atoms with van der Waals surface area (Å²) in [4.78, 5) is 0. The van der Waals surface area contributed by atoms with Crippen molar-refractivity contribution in [3.8, 4) is 11.5 Å². The fraction of sp³-hybridized carbons (Fsp3) is 0.294. The van der Waals surface area contributed by atoms with Crippen LogP contribution in [0.15, 0.2) is 42.5 Å². The van der Waals surface area contributed by atoms with Crippen LogP contribution in [0.3, 0.4) is 0 Å². The van der Waals surface area contributed by atoms with Crippen molar-refractivity contribution in [3.05, 3.63) is 59.4 Å². The normalized spacial score (nSPS) is 13.7. The molecule has 112 valence electrons. The van der Waals surface area contributed by atoms with Crippen LogP contribution in [0.4, 0.5) is 4.39 Å². The first-order valence-electron chi connectivity index (χ1n) is 6.89. The van der Waals surface area contributed by atoms with Crippen LogP contribution in [0.1, 0.15) is 37.1 Å². The van der Waals surface area contributed by atoms with Crippen molar-refractivity contribution in [2.75, 3.05) is 7.11 Å². The van der Waals surface area contributed by atoms with Gasteiger partial charge < -0.3 is 15.2 Å². The van der Waals surface area contributed by atoms with Gasteiger partial charge in [0.05, 0.1) is 7.11 Å². The number of aromatic hydroxyl groups is 1. The maximum absolute atomic E-state index is 13.3. The number of halogens is 1. The van der Waals surface area contributed by atoms with Crippen LogP contribution in [0.5, 0.6) is 11.5 Å². The van der Waals surface area contributed by atoms with Crippen LogP contribution in [0.25, 0.3) is 0 Å². The Labute approximate surface area is 124 Å². The molecular formula is C17H20FNO2. The fourth-order valence-electron chi connectivity index (χ4n) is 2.34. The molecule has 0 fully saturated rings. The first-order valence-corrected chi connectivity index (χ1v) is 6.89. The first kappa shape index (κ1) is 15.3. The summed E-state index contributed by atoms with van der Waals surface area (Å²) in [6.07, 6.45) is 0. The summed E-state index contributed by atoms with van der Waals surface area (Å²) < 4.78 is 18.5. The zero-order valence-corrected chi connectivity index (χ0v) is 12.4. The molecule has 21 heavy (non-hydrogen) atoms. The highest BCUT2D eigenvalue weighted by atomic mass is 19.1. The van der Waals surface area contributed by atoms with Crippen LogP contribution in [-0.2, 0) is 0 Å². The monoisotopic (exact) mass is 289 g/mol. The molecule has 0 aliphatic heterocycles. The van der Waals surface area contributed by atoms with Gasteiger partial charge in [-0.1, -0.05) is 12.1 Å². The van der Waals surface area contributed by atoms with Crippen molar-refractivity contribution in [2.24, 2.45) is 0 Å². The Kier molecular flexibility index (Phi) is 4.81. The summed E-state index contributed by atoms with van der Waals surface area (Å²) in [5.74, 6) is 0.530. The number of phenols is 1. The summed E-state index contributed by atoms with van der Waals surface area (Å²) in [6.45, 7) is 3.91. The predicted octanol–water partition coefficient (Wildman–Crippen LogP) is 3.95. The summed E-state index contributed by atoms with van der Waals surface area (Å²) in [5.41, 5.74) is 1.61. The highest BCUT2D eigenvalue weighted by Crippen LogP contribution is 2.27. The molecule has 0 spiro atoms. The molecular weight excluding hydrogens is 269 g/mol. The van der Waals surface area contributed by atoms with Gasteiger partial charge in [-0.05, 0) is 49.7 Å². The quantitative estimate of drug-likeness (QED) is 0.875.